The van der Waals surface area contributed by atoms with E-state index in [0.717, 1.165) is 0 Å². The molecule has 0 saturated heterocycles. The van der Waals surface area contributed by atoms with Gasteiger partial charge in [0.2, 0.25) is 0 Å². The molecule has 0 spiro atoms. The van der Waals surface area contributed by atoms with Crippen molar-refractivity contribution in [3.8, 4) is 0 Å². The van der Waals surface area contributed by atoms with Crippen molar-refractivity contribution < 1.29 is 18.3 Å². The molecule has 16 heavy (non-hydrogen) atoms. The number of hydrogen-bond donors (Lipinski definition) is 1. The van der Waals surface area contributed by atoms with Crippen LogP contribution < -0.4 is 0 Å². The Kier molecular flexibility index (Phi) is 2.55. The highest BCUT2D eigenvalue weighted by molar-refractivity contribution is 14.1. The molecule has 0 fully saturated rings. The first kappa shape index (κ1) is 12.2. The Balaban J connectivity index is 2.65. The molecule has 0 radical (unpaired) electrons. The summed E-state index contributed by atoms with van der Waals surface area (Å²) >= 11 is 1.96. The van der Waals surface area contributed by atoms with Gasteiger partial charge in [-0.25, -0.2) is 0 Å². The van der Waals surface area contributed by atoms with Crippen molar-refractivity contribution in [3.63, 3.8) is 0 Å². The maximum atomic E-state index is 12.9. The van der Waals surface area contributed by atoms with E-state index < -0.39 is 15.2 Å². The van der Waals surface area contributed by atoms with E-state index in [4.69, 9.17) is 0 Å². The Labute approximate surface area is 105 Å². The lowest BCUT2D eigenvalue weighted by atomic mass is 9.95. The quantitative estimate of drug-likeness (QED) is 0.565. The smallest absolute Gasteiger partial charge is 0.376 e. The normalized spacial score (nSPS) is 33.9. The fourth-order valence-corrected chi connectivity index (χ4v) is 3.24. The lowest BCUT2D eigenvalue weighted by molar-refractivity contribution is -0.266. The average molecular weight is 342 g/mol. The minimum Gasteiger partial charge on any atom is -0.376 e. The zero-order valence-electron chi connectivity index (χ0n) is 8.48. The van der Waals surface area contributed by atoms with Crippen molar-refractivity contribution in [2.24, 2.45) is 0 Å². The Morgan fingerprint density at radius 1 is 1.25 bits per heavy atom. The fraction of sp³-hybridized carbons (Fsp3) is 0.455. The zero-order chi connectivity index (χ0) is 12.2. The summed E-state index contributed by atoms with van der Waals surface area (Å²) in [6, 6.07) is 6.21. The van der Waals surface area contributed by atoms with Crippen molar-refractivity contribution in [2.75, 3.05) is 0 Å². The van der Waals surface area contributed by atoms with E-state index in [2.05, 4.69) is 0 Å². The molecule has 0 aromatic heterocycles. The summed E-state index contributed by atoms with van der Waals surface area (Å²) in [6.07, 6.45) is -4.96. The maximum absolute atomic E-state index is 12.9. The number of benzene rings is 1. The Bertz CT molecular complexity index is 427. The second kappa shape index (κ2) is 3.35. The van der Waals surface area contributed by atoms with Crippen LogP contribution in [0.4, 0.5) is 13.2 Å². The van der Waals surface area contributed by atoms with Crippen LogP contribution in [0, 0.1) is 0 Å². The summed E-state index contributed by atoms with van der Waals surface area (Å²) in [4.78, 5) is 0. The molecule has 0 amide bonds. The molecule has 2 atom stereocenters. The first-order chi connectivity index (χ1) is 7.18. The second-order valence-electron chi connectivity index (χ2n) is 4.28. The third kappa shape index (κ3) is 1.55. The Morgan fingerprint density at radius 3 is 2.25 bits per heavy atom. The number of hydrogen-bond acceptors (Lipinski definition) is 1. The van der Waals surface area contributed by atoms with Crippen molar-refractivity contribution in [1.82, 2.24) is 0 Å². The molecule has 88 valence electrons. The minimum atomic E-state index is -4.63. The lowest BCUT2D eigenvalue weighted by Gasteiger charge is -2.28. The van der Waals surface area contributed by atoms with Crippen LogP contribution in [0.3, 0.4) is 0 Å². The van der Waals surface area contributed by atoms with E-state index in [-0.39, 0.29) is 12.0 Å². The molecule has 1 nitrogen and oxygen atoms in total. The van der Waals surface area contributed by atoms with Gasteiger partial charge in [-0.05, 0) is 18.1 Å². The minimum absolute atomic E-state index is 0.0144. The summed E-state index contributed by atoms with van der Waals surface area (Å²) in [5.41, 5.74) is -2.16. The monoisotopic (exact) mass is 342 g/mol. The molecule has 0 bridgehead atoms. The van der Waals surface area contributed by atoms with E-state index in [0.29, 0.717) is 5.56 Å². The molecule has 2 rings (SSSR count). The molecule has 5 heteroatoms. The highest BCUT2D eigenvalue weighted by Gasteiger charge is 2.62. The number of fused-ring (bicyclic) bond motifs is 1. The molecule has 0 heterocycles. The molecular formula is C11H10F3IO. The van der Waals surface area contributed by atoms with E-state index in [1.165, 1.54) is 12.1 Å². The van der Waals surface area contributed by atoms with Gasteiger partial charge in [-0.1, -0.05) is 46.9 Å². The van der Waals surface area contributed by atoms with Gasteiger partial charge in [0.1, 0.15) is 0 Å². The number of alkyl halides is 4. The molecule has 2 unspecified atom stereocenters. The third-order valence-electron chi connectivity index (χ3n) is 2.99. The molecule has 0 saturated carbocycles. The molecule has 1 N–H and O–H groups in total. The molecular weight excluding hydrogens is 332 g/mol. The standard InChI is InChI=1S/C11H10F3IO/c1-9(15)6-10(16,11(12,13)14)8-5-3-2-4-7(8)9/h2-5,16H,6H2,1H3. The highest BCUT2D eigenvalue weighted by Crippen LogP contribution is 2.57. The van der Waals surface area contributed by atoms with Gasteiger partial charge < -0.3 is 5.11 Å². The summed E-state index contributed by atoms with van der Waals surface area (Å²) in [7, 11) is 0. The Morgan fingerprint density at radius 2 is 1.75 bits per heavy atom. The van der Waals surface area contributed by atoms with Gasteiger partial charge in [0, 0.05) is 9.84 Å². The van der Waals surface area contributed by atoms with Crippen molar-refractivity contribution in [3.05, 3.63) is 35.4 Å². The largest absolute Gasteiger partial charge is 0.421 e. The number of rotatable bonds is 0. The van der Waals surface area contributed by atoms with Crippen molar-refractivity contribution in [1.29, 1.82) is 0 Å². The SMILES string of the molecule is CC1(I)CC(O)(C(F)(F)F)c2ccccc21. The third-order valence-corrected chi connectivity index (χ3v) is 3.95. The highest BCUT2D eigenvalue weighted by atomic mass is 127. The van der Waals surface area contributed by atoms with Crippen LogP contribution in [0.5, 0.6) is 0 Å². The van der Waals surface area contributed by atoms with Crippen molar-refractivity contribution in [2.45, 2.75) is 28.5 Å². The van der Waals surface area contributed by atoms with Crippen LogP contribution in [0.15, 0.2) is 24.3 Å². The number of halogens is 4. The van der Waals surface area contributed by atoms with Gasteiger partial charge in [-0.3, -0.25) is 0 Å². The molecule has 1 aromatic rings. The first-order valence-corrected chi connectivity index (χ1v) is 5.84. The summed E-state index contributed by atoms with van der Waals surface area (Å²) < 4.78 is 38.1. The zero-order valence-corrected chi connectivity index (χ0v) is 10.6. The van der Waals surface area contributed by atoms with E-state index in [1.807, 2.05) is 22.6 Å². The Hall–Kier alpha value is -0.300. The molecule has 1 aliphatic carbocycles. The number of aliphatic hydroxyl groups is 1. The van der Waals surface area contributed by atoms with Crippen LogP contribution in [0.25, 0.3) is 0 Å². The van der Waals surface area contributed by atoms with Crippen LogP contribution in [0.1, 0.15) is 24.5 Å². The van der Waals surface area contributed by atoms with Crippen molar-refractivity contribution >= 4 is 22.6 Å². The van der Waals surface area contributed by atoms with Gasteiger partial charge in [0.15, 0.2) is 5.60 Å². The van der Waals surface area contributed by atoms with Crippen LogP contribution in [0.2, 0.25) is 0 Å². The topological polar surface area (TPSA) is 20.2 Å². The van der Waals surface area contributed by atoms with Gasteiger partial charge in [-0.2, -0.15) is 13.2 Å². The molecule has 1 aromatic carbocycles. The second-order valence-corrected chi connectivity index (χ2v) is 6.66. The van der Waals surface area contributed by atoms with Gasteiger partial charge in [0.05, 0.1) is 0 Å². The summed E-state index contributed by atoms with van der Waals surface area (Å²) in [6.45, 7) is 1.70. The average Bonchev–Trinajstić information content (AvgIpc) is 2.36. The van der Waals surface area contributed by atoms with E-state index >= 15 is 0 Å². The van der Waals surface area contributed by atoms with Gasteiger partial charge in [-0.15, -0.1) is 0 Å². The molecule has 1 aliphatic rings. The van der Waals surface area contributed by atoms with E-state index in [9.17, 15) is 18.3 Å². The fourth-order valence-electron chi connectivity index (χ4n) is 2.22. The summed E-state index contributed by atoms with van der Waals surface area (Å²) in [5.74, 6) is 0. The molecule has 0 aliphatic heterocycles. The van der Waals surface area contributed by atoms with Gasteiger partial charge in [0.25, 0.3) is 0 Å². The first-order valence-electron chi connectivity index (χ1n) is 4.76. The van der Waals surface area contributed by atoms with E-state index in [1.54, 1.807) is 19.1 Å². The van der Waals surface area contributed by atoms with Crippen LogP contribution in [-0.2, 0) is 9.02 Å². The van der Waals surface area contributed by atoms with Crippen LogP contribution >= 0.6 is 22.6 Å². The predicted molar refractivity (Wildman–Crippen MR) is 62.4 cm³/mol. The predicted octanol–water partition coefficient (Wildman–Crippen LogP) is 3.49. The van der Waals surface area contributed by atoms with Crippen LogP contribution in [-0.4, -0.2) is 11.3 Å². The lowest BCUT2D eigenvalue weighted by Crippen LogP contribution is -2.41. The summed E-state index contributed by atoms with van der Waals surface area (Å²) in [5, 5.41) is 9.89. The maximum Gasteiger partial charge on any atom is 0.421 e. The van der Waals surface area contributed by atoms with Gasteiger partial charge >= 0.3 is 6.18 Å².